The van der Waals surface area contributed by atoms with Crippen molar-refractivity contribution in [2.75, 3.05) is 6.54 Å². The Kier molecular flexibility index (Phi) is 2.24. The van der Waals surface area contributed by atoms with Gasteiger partial charge in [0, 0.05) is 23.4 Å². The molecule has 100 valence electrons. The average Bonchev–Trinajstić information content (AvgIpc) is 2.65. The summed E-state index contributed by atoms with van der Waals surface area (Å²) in [6.45, 7) is 9.56. The summed E-state index contributed by atoms with van der Waals surface area (Å²) in [5.41, 5.74) is 10.5. The number of nitrogens with zero attached hydrogens (tertiary/aromatic N) is 2. The topological polar surface area (TPSA) is 24.7 Å². The van der Waals surface area contributed by atoms with Gasteiger partial charge in [-0.15, -0.1) is 0 Å². The van der Waals surface area contributed by atoms with Crippen LogP contribution in [0.4, 0.5) is 0 Å². The summed E-state index contributed by atoms with van der Waals surface area (Å²) in [5, 5.41) is 2.61. The van der Waals surface area contributed by atoms with Crippen LogP contribution >= 0.6 is 0 Å². The van der Waals surface area contributed by atoms with E-state index in [0.29, 0.717) is 0 Å². The predicted octanol–water partition coefficient (Wildman–Crippen LogP) is 2.71. The van der Waals surface area contributed by atoms with Crippen LogP contribution in [-0.4, -0.2) is 12.3 Å². The zero-order valence-electron chi connectivity index (χ0n) is 12.5. The monoisotopic (exact) mass is 262 g/mol. The lowest BCUT2D eigenvalue weighted by Gasteiger charge is -2.16. The highest BCUT2D eigenvalue weighted by molar-refractivity contribution is 6.19. The molecule has 0 radical (unpaired) electrons. The molecular formula is C18H18N2. The maximum absolute atomic E-state index is 4.93. The molecule has 0 spiro atoms. The van der Waals surface area contributed by atoms with Crippen LogP contribution in [0.2, 0.25) is 0 Å². The number of hydrogen-bond donors (Lipinski definition) is 0. The number of benzene rings is 1. The zero-order chi connectivity index (χ0) is 14.0. The molecule has 0 amide bonds. The molecule has 2 aliphatic heterocycles. The first kappa shape index (κ1) is 11.8. The van der Waals surface area contributed by atoms with Crippen molar-refractivity contribution >= 4 is 22.9 Å². The highest BCUT2D eigenvalue weighted by Gasteiger charge is 2.27. The van der Waals surface area contributed by atoms with Crippen molar-refractivity contribution in [3.63, 3.8) is 0 Å². The molecule has 2 heteroatoms. The maximum Gasteiger partial charge on any atom is 0.0747 e. The lowest BCUT2D eigenvalue weighted by Crippen LogP contribution is -2.29. The lowest BCUT2D eigenvalue weighted by atomic mass is 9.90. The van der Waals surface area contributed by atoms with E-state index in [4.69, 9.17) is 4.99 Å². The number of rotatable bonds is 0. The second kappa shape index (κ2) is 3.78. The van der Waals surface area contributed by atoms with Gasteiger partial charge in [-0.05, 0) is 60.8 Å². The molecule has 0 fully saturated rings. The van der Waals surface area contributed by atoms with Gasteiger partial charge in [-0.3, -0.25) is 9.98 Å². The molecule has 0 saturated heterocycles. The van der Waals surface area contributed by atoms with Crippen molar-refractivity contribution in [3.8, 4) is 0 Å². The second-order valence-corrected chi connectivity index (χ2v) is 5.93. The molecule has 0 saturated carbocycles. The van der Waals surface area contributed by atoms with Gasteiger partial charge in [0.2, 0.25) is 0 Å². The van der Waals surface area contributed by atoms with E-state index in [0.717, 1.165) is 13.0 Å². The summed E-state index contributed by atoms with van der Waals surface area (Å²) in [4.78, 5) is 9.61. The quantitative estimate of drug-likeness (QED) is 0.687. The third-order valence-corrected chi connectivity index (χ3v) is 4.92. The van der Waals surface area contributed by atoms with Crippen molar-refractivity contribution in [1.29, 1.82) is 0 Å². The van der Waals surface area contributed by atoms with Gasteiger partial charge in [-0.2, -0.15) is 0 Å². The van der Waals surface area contributed by atoms with E-state index >= 15 is 0 Å². The van der Waals surface area contributed by atoms with Crippen LogP contribution in [0.5, 0.6) is 0 Å². The first-order chi connectivity index (χ1) is 9.59. The fourth-order valence-electron chi connectivity index (χ4n) is 3.64. The van der Waals surface area contributed by atoms with Gasteiger partial charge in [-0.25, -0.2) is 0 Å². The van der Waals surface area contributed by atoms with Gasteiger partial charge in [-0.1, -0.05) is 12.2 Å². The van der Waals surface area contributed by atoms with Crippen LogP contribution in [-0.2, 0) is 0 Å². The van der Waals surface area contributed by atoms with Gasteiger partial charge in [0.05, 0.1) is 11.9 Å². The predicted molar refractivity (Wildman–Crippen MR) is 84.3 cm³/mol. The van der Waals surface area contributed by atoms with Crippen LogP contribution in [0.15, 0.2) is 21.8 Å². The summed E-state index contributed by atoms with van der Waals surface area (Å²) in [6.07, 6.45) is 5.35. The van der Waals surface area contributed by atoms with Gasteiger partial charge in [0.25, 0.3) is 0 Å². The summed E-state index contributed by atoms with van der Waals surface area (Å²) >= 11 is 0. The minimum atomic E-state index is 0.780. The standard InChI is InChI=1S/C18H18N2/c1-9-10(2)18-17-11(3)15(20-18)8-14-12(4)19-7-5-6-13(17)16(9)14/h5-6H,7-8H2,1-4H3/b6-5-,19-12?. The fraction of sp³-hybridized carbons (Fsp3) is 0.333. The van der Waals surface area contributed by atoms with Crippen LogP contribution in [0.25, 0.3) is 17.2 Å². The SMILES string of the molecule is CC1=NC/C=C\c2c3c4c(C)c(C)c2=C1CC(=C3C)N=4. The van der Waals surface area contributed by atoms with Crippen molar-refractivity contribution in [2.24, 2.45) is 9.98 Å². The van der Waals surface area contributed by atoms with E-state index in [2.05, 4.69) is 44.8 Å². The molecule has 0 atom stereocenters. The lowest BCUT2D eigenvalue weighted by molar-refractivity contribution is 1.10. The number of hydrogen-bond acceptors (Lipinski definition) is 2. The Morgan fingerprint density at radius 2 is 1.85 bits per heavy atom. The van der Waals surface area contributed by atoms with E-state index < -0.39 is 0 Å². The highest BCUT2D eigenvalue weighted by atomic mass is 14.8. The van der Waals surface area contributed by atoms with Crippen molar-refractivity contribution in [3.05, 3.63) is 44.6 Å². The summed E-state index contributed by atoms with van der Waals surface area (Å²) in [6, 6.07) is 0. The molecule has 5 bridgehead atoms. The van der Waals surface area contributed by atoms with E-state index in [1.807, 2.05) is 0 Å². The Bertz CT molecular complexity index is 877. The molecule has 0 aromatic heterocycles. The van der Waals surface area contributed by atoms with Gasteiger partial charge in [0.15, 0.2) is 0 Å². The van der Waals surface area contributed by atoms with E-state index in [9.17, 15) is 0 Å². The van der Waals surface area contributed by atoms with Gasteiger partial charge >= 0.3 is 0 Å². The third-order valence-electron chi connectivity index (χ3n) is 4.92. The van der Waals surface area contributed by atoms with Crippen LogP contribution < -0.4 is 10.6 Å². The largest absolute Gasteiger partial charge is 0.286 e. The number of allylic oxidation sites excluding steroid dienone is 2. The Hall–Kier alpha value is -1.96. The minimum absolute atomic E-state index is 0.780. The normalized spacial score (nSPS) is 20.4. The molecule has 1 aliphatic carbocycles. The average molecular weight is 262 g/mol. The third kappa shape index (κ3) is 1.29. The summed E-state index contributed by atoms with van der Waals surface area (Å²) in [5.74, 6) is 0. The Morgan fingerprint density at radius 3 is 2.65 bits per heavy atom. The van der Waals surface area contributed by atoms with Gasteiger partial charge in [0.1, 0.15) is 0 Å². The Labute approximate surface area is 119 Å². The van der Waals surface area contributed by atoms with E-state index in [-0.39, 0.29) is 0 Å². The molecular weight excluding hydrogens is 244 g/mol. The second-order valence-electron chi connectivity index (χ2n) is 5.93. The minimum Gasteiger partial charge on any atom is -0.286 e. The molecule has 2 nitrogen and oxygen atoms in total. The summed E-state index contributed by atoms with van der Waals surface area (Å²) < 4.78 is 0. The molecule has 3 aliphatic rings. The van der Waals surface area contributed by atoms with Crippen LogP contribution in [0.3, 0.4) is 0 Å². The molecule has 20 heavy (non-hydrogen) atoms. The van der Waals surface area contributed by atoms with Crippen molar-refractivity contribution in [2.45, 2.75) is 34.1 Å². The molecule has 2 heterocycles. The molecule has 0 unspecified atom stereocenters. The maximum atomic E-state index is 4.93. The number of aliphatic imine (C=N–C) groups is 1. The fourth-order valence-corrected chi connectivity index (χ4v) is 3.64. The zero-order valence-corrected chi connectivity index (χ0v) is 12.5. The molecule has 4 rings (SSSR count). The molecule has 1 aromatic rings. The van der Waals surface area contributed by atoms with Crippen molar-refractivity contribution in [1.82, 2.24) is 0 Å². The van der Waals surface area contributed by atoms with Crippen LogP contribution in [0, 0.1) is 13.8 Å². The molecule has 1 aromatic carbocycles. The molecule has 0 N–H and O–H groups in total. The van der Waals surface area contributed by atoms with Crippen LogP contribution in [0.1, 0.15) is 42.5 Å². The summed E-state index contributed by atoms with van der Waals surface area (Å²) in [7, 11) is 0. The van der Waals surface area contributed by atoms with Crippen molar-refractivity contribution < 1.29 is 0 Å². The van der Waals surface area contributed by atoms with E-state index in [1.54, 1.807) is 0 Å². The van der Waals surface area contributed by atoms with Gasteiger partial charge < -0.3 is 0 Å². The first-order valence-corrected chi connectivity index (χ1v) is 7.22. The Morgan fingerprint density at radius 1 is 1.05 bits per heavy atom. The first-order valence-electron chi connectivity index (χ1n) is 7.22. The Balaban J connectivity index is 2.34. The highest BCUT2D eigenvalue weighted by Crippen LogP contribution is 2.33. The van der Waals surface area contributed by atoms with E-state index in [1.165, 1.54) is 55.4 Å². The smallest absolute Gasteiger partial charge is 0.0747 e.